The number of nitrogens with one attached hydrogen (secondary N) is 1. The van der Waals surface area contributed by atoms with Gasteiger partial charge in [0, 0.05) is 25.2 Å². The molecule has 0 saturated heterocycles. The highest BCUT2D eigenvalue weighted by Gasteiger charge is 2.18. The molecule has 10 heteroatoms. The Labute approximate surface area is 154 Å². The third-order valence-corrected chi connectivity index (χ3v) is 5.44. The fourth-order valence-corrected chi connectivity index (χ4v) is 3.07. The topological polar surface area (TPSA) is 105 Å². The van der Waals surface area contributed by atoms with Crippen LogP contribution >= 0.6 is 0 Å². The summed E-state index contributed by atoms with van der Waals surface area (Å²) in [5.74, 6) is -0.959. The maximum atomic E-state index is 13.3. The van der Waals surface area contributed by atoms with Crippen LogP contribution in [0.4, 0.5) is 10.4 Å². The first kappa shape index (κ1) is 18.7. The number of benzene rings is 2. The van der Waals surface area contributed by atoms with Crippen LogP contribution in [0.25, 0.3) is 11.5 Å². The van der Waals surface area contributed by atoms with Gasteiger partial charge in [0.15, 0.2) is 0 Å². The maximum absolute atomic E-state index is 13.3. The van der Waals surface area contributed by atoms with Gasteiger partial charge in [0.1, 0.15) is 5.82 Å². The molecule has 3 aromatic rings. The molecule has 0 spiro atoms. The van der Waals surface area contributed by atoms with Gasteiger partial charge in [-0.25, -0.2) is 17.1 Å². The van der Waals surface area contributed by atoms with Crippen LogP contribution in [0.1, 0.15) is 10.4 Å². The largest absolute Gasteiger partial charge is 0.403 e. The van der Waals surface area contributed by atoms with E-state index in [9.17, 15) is 17.6 Å². The van der Waals surface area contributed by atoms with Gasteiger partial charge in [0.2, 0.25) is 15.9 Å². The van der Waals surface area contributed by atoms with Crippen molar-refractivity contribution in [3.05, 3.63) is 59.9 Å². The number of hydrogen-bond acceptors (Lipinski definition) is 6. The number of amides is 1. The Morgan fingerprint density at radius 1 is 1.11 bits per heavy atom. The minimum Gasteiger partial charge on any atom is -0.403 e. The fraction of sp³-hybridized carbons (Fsp3) is 0.118. The number of hydrogen-bond donors (Lipinski definition) is 1. The van der Waals surface area contributed by atoms with E-state index in [2.05, 4.69) is 15.5 Å². The minimum absolute atomic E-state index is 0.0530. The number of aromatic nitrogens is 2. The molecule has 1 heterocycles. The van der Waals surface area contributed by atoms with E-state index in [1.54, 1.807) is 6.07 Å². The number of anilines is 1. The molecule has 0 bridgehead atoms. The normalized spacial score (nSPS) is 11.6. The van der Waals surface area contributed by atoms with Gasteiger partial charge in [-0.1, -0.05) is 11.2 Å². The third kappa shape index (κ3) is 4.01. The number of carbonyl (C=O) groups excluding carboxylic acids is 1. The summed E-state index contributed by atoms with van der Waals surface area (Å²) in [7, 11) is -0.742. The predicted molar refractivity (Wildman–Crippen MR) is 95.0 cm³/mol. The van der Waals surface area contributed by atoms with Crippen molar-refractivity contribution in [2.75, 3.05) is 19.4 Å². The van der Waals surface area contributed by atoms with Gasteiger partial charge in [-0.15, -0.1) is 5.10 Å². The molecule has 0 radical (unpaired) electrons. The lowest BCUT2D eigenvalue weighted by molar-refractivity contribution is 0.102. The standard InChI is InChI=1S/C17H15FN4O4S/c1-22(2)27(24,25)14-8-6-11(7-9-14)15(23)19-17-21-20-16(26-17)12-4-3-5-13(18)10-12/h3-10H,1-2H3,(H,19,21,23). The number of halogens is 1. The van der Waals surface area contributed by atoms with Crippen molar-refractivity contribution in [2.45, 2.75) is 4.90 Å². The second-order valence-corrected chi connectivity index (χ2v) is 7.84. The van der Waals surface area contributed by atoms with Crippen LogP contribution < -0.4 is 5.32 Å². The maximum Gasteiger partial charge on any atom is 0.322 e. The number of carbonyl (C=O) groups is 1. The number of rotatable bonds is 5. The molecule has 0 aliphatic heterocycles. The van der Waals surface area contributed by atoms with E-state index in [4.69, 9.17) is 4.42 Å². The highest BCUT2D eigenvalue weighted by molar-refractivity contribution is 7.89. The average Bonchev–Trinajstić information content (AvgIpc) is 3.10. The quantitative estimate of drug-likeness (QED) is 0.717. The van der Waals surface area contributed by atoms with Gasteiger partial charge in [0.25, 0.3) is 5.91 Å². The number of sulfonamides is 1. The molecule has 2 aromatic carbocycles. The van der Waals surface area contributed by atoms with E-state index >= 15 is 0 Å². The molecule has 1 aromatic heterocycles. The summed E-state index contributed by atoms with van der Waals surface area (Å²) in [6.07, 6.45) is 0. The Hall–Kier alpha value is -3.11. The average molecular weight is 390 g/mol. The van der Waals surface area contributed by atoms with E-state index in [0.717, 1.165) is 4.31 Å². The van der Waals surface area contributed by atoms with Gasteiger partial charge in [-0.3, -0.25) is 10.1 Å². The molecule has 0 aliphatic carbocycles. The Balaban J connectivity index is 1.75. The monoisotopic (exact) mass is 390 g/mol. The molecule has 3 rings (SSSR count). The molecule has 140 valence electrons. The summed E-state index contributed by atoms with van der Waals surface area (Å²) < 4.78 is 43.7. The first-order valence-corrected chi connectivity index (χ1v) is 9.15. The van der Waals surface area contributed by atoms with Gasteiger partial charge >= 0.3 is 6.01 Å². The van der Waals surface area contributed by atoms with Crippen molar-refractivity contribution in [3.63, 3.8) is 0 Å². The molecule has 0 saturated carbocycles. The Kier molecular flexibility index (Phi) is 5.02. The van der Waals surface area contributed by atoms with E-state index < -0.39 is 21.7 Å². The van der Waals surface area contributed by atoms with Crippen LogP contribution in [0.15, 0.2) is 57.8 Å². The van der Waals surface area contributed by atoms with Crippen LogP contribution in [0.2, 0.25) is 0 Å². The summed E-state index contributed by atoms with van der Waals surface area (Å²) in [5.41, 5.74) is 0.583. The minimum atomic E-state index is -3.58. The first-order chi connectivity index (χ1) is 12.8. The second kappa shape index (κ2) is 7.25. The summed E-state index contributed by atoms with van der Waals surface area (Å²) in [4.78, 5) is 12.3. The van der Waals surface area contributed by atoms with Crippen molar-refractivity contribution >= 4 is 21.9 Å². The van der Waals surface area contributed by atoms with Crippen LogP contribution in [-0.4, -0.2) is 42.9 Å². The Morgan fingerprint density at radius 3 is 2.44 bits per heavy atom. The van der Waals surface area contributed by atoms with Crippen molar-refractivity contribution < 1.29 is 22.0 Å². The molecule has 0 atom stereocenters. The van der Waals surface area contributed by atoms with Crippen molar-refractivity contribution in [3.8, 4) is 11.5 Å². The molecule has 1 amide bonds. The Morgan fingerprint density at radius 2 is 1.81 bits per heavy atom. The summed E-state index contributed by atoms with van der Waals surface area (Å²) >= 11 is 0. The third-order valence-electron chi connectivity index (χ3n) is 3.61. The predicted octanol–water partition coefficient (Wildman–Crippen LogP) is 2.38. The van der Waals surface area contributed by atoms with E-state index in [1.165, 1.54) is 56.6 Å². The fourth-order valence-electron chi connectivity index (χ4n) is 2.17. The van der Waals surface area contributed by atoms with E-state index in [0.29, 0.717) is 5.56 Å². The lowest BCUT2D eigenvalue weighted by atomic mass is 10.2. The zero-order chi connectivity index (χ0) is 19.6. The van der Waals surface area contributed by atoms with Crippen LogP contribution in [0, 0.1) is 5.82 Å². The second-order valence-electron chi connectivity index (χ2n) is 5.69. The molecule has 27 heavy (non-hydrogen) atoms. The van der Waals surface area contributed by atoms with Gasteiger partial charge in [0.05, 0.1) is 4.90 Å². The SMILES string of the molecule is CN(C)S(=O)(=O)c1ccc(C(=O)Nc2nnc(-c3cccc(F)c3)o2)cc1. The molecule has 0 unspecified atom stereocenters. The zero-order valence-corrected chi connectivity index (χ0v) is 15.2. The number of nitrogens with zero attached hydrogens (tertiary/aromatic N) is 3. The molecule has 1 N–H and O–H groups in total. The van der Waals surface area contributed by atoms with Gasteiger partial charge < -0.3 is 4.42 Å². The van der Waals surface area contributed by atoms with Gasteiger partial charge in [-0.2, -0.15) is 0 Å². The highest BCUT2D eigenvalue weighted by atomic mass is 32.2. The van der Waals surface area contributed by atoms with Crippen LogP contribution in [0.5, 0.6) is 0 Å². The highest BCUT2D eigenvalue weighted by Crippen LogP contribution is 2.21. The molecule has 0 aliphatic rings. The molecular formula is C17H15FN4O4S. The Bertz CT molecular complexity index is 1080. The van der Waals surface area contributed by atoms with E-state index in [1.807, 2.05) is 0 Å². The smallest absolute Gasteiger partial charge is 0.322 e. The lowest BCUT2D eigenvalue weighted by Gasteiger charge is -2.11. The summed E-state index contributed by atoms with van der Waals surface area (Å²) in [6.45, 7) is 0. The van der Waals surface area contributed by atoms with Crippen molar-refractivity contribution in [1.29, 1.82) is 0 Å². The van der Waals surface area contributed by atoms with Crippen molar-refractivity contribution in [1.82, 2.24) is 14.5 Å². The van der Waals surface area contributed by atoms with Crippen LogP contribution in [-0.2, 0) is 10.0 Å². The molecule has 0 fully saturated rings. The molecule has 8 nitrogen and oxygen atoms in total. The van der Waals surface area contributed by atoms with E-state index in [-0.39, 0.29) is 22.4 Å². The summed E-state index contributed by atoms with van der Waals surface area (Å²) in [6, 6.07) is 10.8. The van der Waals surface area contributed by atoms with Crippen molar-refractivity contribution in [2.24, 2.45) is 0 Å². The zero-order valence-electron chi connectivity index (χ0n) is 14.4. The first-order valence-electron chi connectivity index (χ1n) is 7.71. The summed E-state index contributed by atoms with van der Waals surface area (Å²) in [5, 5.41) is 9.86. The molecular weight excluding hydrogens is 375 g/mol. The lowest BCUT2D eigenvalue weighted by Crippen LogP contribution is -2.22. The van der Waals surface area contributed by atoms with Gasteiger partial charge in [-0.05, 0) is 42.5 Å². The van der Waals surface area contributed by atoms with Crippen LogP contribution in [0.3, 0.4) is 0 Å².